The molecule has 0 atom stereocenters. The predicted molar refractivity (Wildman–Crippen MR) is 74.5 cm³/mol. The quantitative estimate of drug-likeness (QED) is 0.655. The number of ether oxygens (including phenoxy) is 1. The number of hydrogen-bond donors (Lipinski definition) is 0. The van der Waals surface area contributed by atoms with Crippen LogP contribution in [0.5, 0.6) is 0 Å². The van der Waals surface area contributed by atoms with E-state index in [2.05, 4.69) is 54.5 Å². The first-order chi connectivity index (χ1) is 7.23. The fourth-order valence-corrected chi connectivity index (χ4v) is 8.00. The molecule has 0 unspecified atom stereocenters. The minimum Gasteiger partial charge on any atom is -0.362 e. The lowest BCUT2D eigenvalue weighted by Gasteiger charge is -2.37. The molecular formula is C14H28OSi. The molecule has 0 saturated heterocycles. The Morgan fingerprint density at radius 2 is 1.44 bits per heavy atom. The maximum absolute atomic E-state index is 6.20. The van der Waals surface area contributed by atoms with Crippen LogP contribution >= 0.6 is 0 Å². The van der Waals surface area contributed by atoms with Crippen LogP contribution in [0.4, 0.5) is 0 Å². The Morgan fingerprint density at radius 3 is 1.69 bits per heavy atom. The molecule has 0 aromatic heterocycles. The van der Waals surface area contributed by atoms with Crippen molar-refractivity contribution >= 4 is 8.07 Å². The topological polar surface area (TPSA) is 9.23 Å². The van der Waals surface area contributed by atoms with Crippen molar-refractivity contribution in [3.63, 3.8) is 0 Å². The molecule has 94 valence electrons. The van der Waals surface area contributed by atoms with E-state index in [0.717, 1.165) is 0 Å². The third-order valence-electron chi connectivity index (χ3n) is 4.26. The van der Waals surface area contributed by atoms with Crippen molar-refractivity contribution in [3.05, 3.63) is 11.3 Å². The van der Waals surface area contributed by atoms with E-state index in [1.54, 1.807) is 5.20 Å². The van der Waals surface area contributed by atoms with Gasteiger partial charge in [0.1, 0.15) is 0 Å². The third kappa shape index (κ3) is 2.28. The Kier molecular flexibility index (Phi) is 3.76. The lowest BCUT2D eigenvalue weighted by molar-refractivity contribution is -0.0503. The highest BCUT2D eigenvalue weighted by atomic mass is 28.3. The first-order valence-corrected chi connectivity index (χ1v) is 9.29. The minimum atomic E-state index is -1.27. The smallest absolute Gasteiger partial charge is 0.0842 e. The van der Waals surface area contributed by atoms with Crippen molar-refractivity contribution in [2.45, 2.75) is 77.8 Å². The first-order valence-electron chi connectivity index (χ1n) is 6.67. The Labute approximate surface area is 102 Å². The Balaban J connectivity index is 3.19. The normalized spacial score (nSPS) is 23.3. The van der Waals surface area contributed by atoms with Crippen LogP contribution < -0.4 is 0 Å². The summed E-state index contributed by atoms with van der Waals surface area (Å²) in [7, 11) is -1.27. The van der Waals surface area contributed by atoms with Gasteiger partial charge < -0.3 is 4.74 Å². The zero-order valence-corrected chi connectivity index (χ0v) is 13.1. The van der Waals surface area contributed by atoms with Crippen LogP contribution in [0.25, 0.3) is 0 Å². The van der Waals surface area contributed by atoms with Gasteiger partial charge in [-0.15, -0.1) is 0 Å². The monoisotopic (exact) mass is 240 g/mol. The average Bonchev–Trinajstić information content (AvgIpc) is 2.39. The summed E-state index contributed by atoms with van der Waals surface area (Å²) in [6.45, 7) is 15.9. The minimum absolute atomic E-state index is 0.0439. The standard InChI is InChI=1S/C14H28OSi/c1-8-16(9-2,10-3)12-11-13(4,5)15-14(12,6)7/h11H,8-10H2,1-7H3. The summed E-state index contributed by atoms with van der Waals surface area (Å²) < 4.78 is 6.20. The van der Waals surface area contributed by atoms with Gasteiger partial charge in [0.25, 0.3) is 0 Å². The van der Waals surface area contributed by atoms with Crippen molar-refractivity contribution in [3.8, 4) is 0 Å². The Hall–Kier alpha value is -0.0831. The van der Waals surface area contributed by atoms with Crippen LogP contribution in [0.15, 0.2) is 11.3 Å². The van der Waals surface area contributed by atoms with E-state index in [0.29, 0.717) is 0 Å². The summed E-state index contributed by atoms with van der Waals surface area (Å²) in [5.41, 5.74) is -0.117. The molecule has 0 aromatic carbocycles. The highest BCUT2D eigenvalue weighted by Crippen LogP contribution is 2.44. The second-order valence-corrected chi connectivity index (χ2v) is 11.3. The van der Waals surface area contributed by atoms with Crippen molar-refractivity contribution in [1.82, 2.24) is 0 Å². The third-order valence-corrected chi connectivity index (χ3v) is 10.2. The van der Waals surface area contributed by atoms with E-state index in [9.17, 15) is 0 Å². The summed E-state index contributed by atoms with van der Waals surface area (Å²) in [6, 6.07) is 4.03. The van der Waals surface area contributed by atoms with Gasteiger partial charge in [-0.3, -0.25) is 0 Å². The largest absolute Gasteiger partial charge is 0.362 e. The van der Waals surface area contributed by atoms with E-state index in [1.807, 2.05) is 0 Å². The summed E-state index contributed by atoms with van der Waals surface area (Å²) in [6.07, 6.45) is 2.43. The summed E-state index contributed by atoms with van der Waals surface area (Å²) in [4.78, 5) is 0. The molecule has 0 spiro atoms. The highest BCUT2D eigenvalue weighted by Gasteiger charge is 2.47. The van der Waals surface area contributed by atoms with E-state index >= 15 is 0 Å². The molecule has 2 heteroatoms. The fourth-order valence-electron chi connectivity index (χ4n) is 3.38. The Morgan fingerprint density at radius 1 is 1.00 bits per heavy atom. The van der Waals surface area contributed by atoms with Crippen molar-refractivity contribution in [2.75, 3.05) is 0 Å². The van der Waals surface area contributed by atoms with Gasteiger partial charge in [-0.1, -0.05) is 50.2 Å². The molecule has 1 rings (SSSR count). The van der Waals surface area contributed by atoms with Crippen LogP contribution in [-0.2, 0) is 4.74 Å². The van der Waals surface area contributed by atoms with Gasteiger partial charge >= 0.3 is 0 Å². The lowest BCUT2D eigenvalue weighted by Crippen LogP contribution is -2.43. The zero-order chi connectivity index (χ0) is 12.6. The average molecular weight is 240 g/mol. The second kappa shape index (κ2) is 4.30. The summed E-state index contributed by atoms with van der Waals surface area (Å²) in [5.74, 6) is 0. The van der Waals surface area contributed by atoms with Gasteiger partial charge in [0.2, 0.25) is 0 Å². The molecule has 0 saturated carbocycles. The Bertz CT molecular complexity index is 277. The van der Waals surface area contributed by atoms with Crippen LogP contribution in [0.1, 0.15) is 48.5 Å². The molecule has 0 radical (unpaired) electrons. The van der Waals surface area contributed by atoms with E-state index in [-0.39, 0.29) is 11.2 Å². The number of rotatable bonds is 4. The van der Waals surface area contributed by atoms with Gasteiger partial charge in [0.15, 0.2) is 0 Å². The van der Waals surface area contributed by atoms with Gasteiger partial charge in [0.05, 0.1) is 19.3 Å². The molecule has 1 aliphatic rings. The molecule has 16 heavy (non-hydrogen) atoms. The summed E-state index contributed by atoms with van der Waals surface area (Å²) >= 11 is 0. The SMILES string of the molecule is CC[Si](CC)(CC)C1=CC(C)(C)OC1(C)C. The number of hydrogen-bond acceptors (Lipinski definition) is 1. The molecule has 0 amide bonds. The molecule has 0 fully saturated rings. The maximum Gasteiger partial charge on any atom is 0.0842 e. The van der Waals surface area contributed by atoms with Crippen LogP contribution in [0, 0.1) is 0 Å². The first kappa shape index (κ1) is 14.0. The van der Waals surface area contributed by atoms with Gasteiger partial charge in [-0.25, -0.2) is 0 Å². The molecule has 0 N–H and O–H groups in total. The fraction of sp³-hybridized carbons (Fsp3) is 0.857. The predicted octanol–water partition coefficient (Wildman–Crippen LogP) is 4.55. The molecule has 1 heterocycles. The van der Waals surface area contributed by atoms with Crippen molar-refractivity contribution in [1.29, 1.82) is 0 Å². The van der Waals surface area contributed by atoms with Crippen LogP contribution in [0.2, 0.25) is 18.1 Å². The van der Waals surface area contributed by atoms with Gasteiger partial charge in [0, 0.05) is 0 Å². The highest BCUT2D eigenvalue weighted by molar-refractivity contribution is 6.86. The second-order valence-electron chi connectivity index (χ2n) is 6.11. The molecule has 0 aromatic rings. The van der Waals surface area contributed by atoms with Crippen molar-refractivity contribution < 1.29 is 4.74 Å². The van der Waals surface area contributed by atoms with Crippen LogP contribution in [0.3, 0.4) is 0 Å². The van der Waals surface area contributed by atoms with E-state index < -0.39 is 8.07 Å². The summed E-state index contributed by atoms with van der Waals surface area (Å²) in [5, 5.41) is 1.65. The molecule has 1 nitrogen and oxygen atoms in total. The lowest BCUT2D eigenvalue weighted by atomic mass is 10.1. The van der Waals surface area contributed by atoms with Gasteiger partial charge in [-0.05, 0) is 27.7 Å². The van der Waals surface area contributed by atoms with E-state index in [4.69, 9.17) is 4.74 Å². The van der Waals surface area contributed by atoms with E-state index in [1.165, 1.54) is 18.1 Å². The van der Waals surface area contributed by atoms with Gasteiger partial charge in [-0.2, -0.15) is 0 Å². The van der Waals surface area contributed by atoms with Crippen molar-refractivity contribution in [2.24, 2.45) is 0 Å². The maximum atomic E-state index is 6.20. The molecule has 0 aliphatic carbocycles. The molecule has 1 aliphatic heterocycles. The zero-order valence-electron chi connectivity index (χ0n) is 12.1. The molecular weight excluding hydrogens is 212 g/mol. The van der Waals surface area contributed by atoms with Crippen LogP contribution in [-0.4, -0.2) is 19.3 Å². The molecule has 0 bridgehead atoms.